The lowest BCUT2D eigenvalue weighted by molar-refractivity contribution is -0.139. The van der Waals surface area contributed by atoms with Gasteiger partial charge in [0.25, 0.3) is 0 Å². The van der Waals surface area contributed by atoms with Gasteiger partial charge in [0, 0.05) is 36.8 Å². The summed E-state index contributed by atoms with van der Waals surface area (Å²) in [5.41, 5.74) is 1.68. The molecule has 0 spiro atoms. The average molecular weight is 501 g/mol. The molecule has 2 N–H and O–H groups in total. The Labute approximate surface area is 209 Å². The molecule has 0 aliphatic carbocycles. The number of aromatic nitrogens is 1. The van der Waals surface area contributed by atoms with Gasteiger partial charge < -0.3 is 19.8 Å². The van der Waals surface area contributed by atoms with E-state index in [0.717, 1.165) is 60.4 Å². The average Bonchev–Trinajstić information content (AvgIpc) is 3.36. The van der Waals surface area contributed by atoms with Crippen molar-refractivity contribution in [2.75, 3.05) is 32.5 Å². The predicted molar refractivity (Wildman–Crippen MR) is 138 cm³/mol. The quantitative estimate of drug-likeness (QED) is 0.345. The number of aliphatic carboxylic acids is 1. The lowest BCUT2D eigenvalue weighted by Gasteiger charge is -2.38. The first-order valence-corrected chi connectivity index (χ1v) is 13.6. The van der Waals surface area contributed by atoms with E-state index in [1.165, 1.54) is 4.21 Å². The Hall–Kier alpha value is -2.13. The number of likely N-dealkylation sites (tertiary alicyclic amines) is 1. The second kappa shape index (κ2) is 12.0. The Morgan fingerprint density at radius 2 is 2.21 bits per heavy atom. The van der Waals surface area contributed by atoms with Gasteiger partial charge >= 0.3 is 5.97 Å². The topological polar surface area (TPSA) is 82.9 Å². The van der Waals surface area contributed by atoms with Crippen LogP contribution in [0.15, 0.2) is 52.2 Å². The minimum atomic E-state index is -0.738. The Morgan fingerprint density at radius 1 is 1.32 bits per heavy atom. The Kier molecular flexibility index (Phi) is 8.83. The highest BCUT2D eigenvalue weighted by Crippen LogP contribution is 2.35. The van der Waals surface area contributed by atoms with Crippen molar-refractivity contribution in [2.24, 2.45) is 11.8 Å². The third-order valence-electron chi connectivity index (χ3n) is 6.71. The molecule has 0 bridgehead atoms. The number of hydrogen-bond donors (Lipinski definition) is 2. The lowest BCUT2D eigenvalue weighted by Crippen LogP contribution is -2.42. The van der Waals surface area contributed by atoms with Gasteiger partial charge in [-0.1, -0.05) is 6.07 Å². The summed E-state index contributed by atoms with van der Waals surface area (Å²) in [5.74, 6) is 1.43. The van der Waals surface area contributed by atoms with Crippen molar-refractivity contribution in [3.05, 3.63) is 53.5 Å². The number of aliphatic hydroxyl groups is 1. The fraction of sp³-hybridized carbons (Fsp3) is 0.462. The van der Waals surface area contributed by atoms with E-state index in [-0.39, 0.29) is 12.3 Å². The summed E-state index contributed by atoms with van der Waals surface area (Å²) in [6.45, 7) is 2.77. The number of piperidine rings is 1. The SMILES string of the molecule is COc1ccc2nccc([C@@H](O)CC[C@@H]3CCN(CCSc4cccs4)C[C@@H]3CC(=O)O)c2c1. The van der Waals surface area contributed by atoms with Gasteiger partial charge in [-0.3, -0.25) is 9.78 Å². The molecule has 4 rings (SSSR count). The van der Waals surface area contributed by atoms with Crippen molar-refractivity contribution in [1.82, 2.24) is 9.88 Å². The number of rotatable bonds is 11. The first kappa shape index (κ1) is 25.0. The molecule has 34 heavy (non-hydrogen) atoms. The van der Waals surface area contributed by atoms with Gasteiger partial charge in [0.05, 0.1) is 22.9 Å². The summed E-state index contributed by atoms with van der Waals surface area (Å²) in [6.07, 6.45) is 3.68. The molecule has 6 nitrogen and oxygen atoms in total. The van der Waals surface area contributed by atoms with Crippen LogP contribution in [0, 0.1) is 11.8 Å². The van der Waals surface area contributed by atoms with E-state index in [1.54, 1.807) is 24.6 Å². The normalized spacial score (nSPS) is 19.8. The van der Waals surface area contributed by atoms with Gasteiger partial charge in [-0.25, -0.2) is 0 Å². The largest absolute Gasteiger partial charge is 0.497 e. The molecule has 8 heteroatoms. The van der Waals surface area contributed by atoms with Crippen LogP contribution >= 0.6 is 23.1 Å². The van der Waals surface area contributed by atoms with Gasteiger partial charge in [-0.15, -0.1) is 23.1 Å². The molecule has 3 heterocycles. The molecule has 0 unspecified atom stereocenters. The molecule has 3 atom stereocenters. The zero-order valence-corrected chi connectivity index (χ0v) is 21.1. The lowest BCUT2D eigenvalue weighted by atomic mass is 9.79. The number of pyridine rings is 1. The number of methoxy groups -OCH3 is 1. The van der Waals surface area contributed by atoms with E-state index in [9.17, 15) is 15.0 Å². The number of thiophene rings is 1. The minimum Gasteiger partial charge on any atom is -0.497 e. The molecular weight excluding hydrogens is 468 g/mol. The number of thioether (sulfide) groups is 1. The predicted octanol–water partition coefficient (Wildman–Crippen LogP) is 5.32. The number of hydrogen-bond acceptors (Lipinski definition) is 7. The fourth-order valence-corrected chi connectivity index (χ4v) is 6.77. The zero-order valence-electron chi connectivity index (χ0n) is 19.4. The van der Waals surface area contributed by atoms with Gasteiger partial charge in [0.1, 0.15) is 5.75 Å². The Bertz CT molecular complexity index is 1080. The monoisotopic (exact) mass is 500 g/mol. The molecule has 1 saturated heterocycles. The Morgan fingerprint density at radius 3 is 2.97 bits per heavy atom. The maximum atomic E-state index is 11.6. The molecule has 0 radical (unpaired) electrons. The molecule has 1 aromatic carbocycles. The van der Waals surface area contributed by atoms with Crippen LogP contribution in [0.1, 0.15) is 37.4 Å². The molecule has 1 aliphatic rings. The van der Waals surface area contributed by atoms with Crippen molar-refractivity contribution in [3.8, 4) is 5.75 Å². The maximum absolute atomic E-state index is 11.6. The minimum absolute atomic E-state index is 0.111. The van der Waals surface area contributed by atoms with Gasteiger partial charge in [-0.05, 0) is 78.9 Å². The maximum Gasteiger partial charge on any atom is 0.303 e. The molecule has 1 fully saturated rings. The van der Waals surface area contributed by atoms with Gasteiger partial charge in [0.15, 0.2) is 0 Å². The fourth-order valence-electron chi connectivity index (χ4n) is 4.91. The zero-order chi connectivity index (χ0) is 23.9. The van der Waals surface area contributed by atoms with E-state index >= 15 is 0 Å². The van der Waals surface area contributed by atoms with E-state index in [1.807, 2.05) is 36.0 Å². The highest BCUT2D eigenvalue weighted by Gasteiger charge is 2.31. The van der Waals surface area contributed by atoms with E-state index in [0.29, 0.717) is 12.3 Å². The number of carboxylic acids is 1. The molecule has 182 valence electrons. The number of ether oxygens (including phenoxy) is 1. The number of aliphatic hydroxyl groups excluding tert-OH is 1. The number of nitrogens with zero attached hydrogens (tertiary/aromatic N) is 2. The second-order valence-electron chi connectivity index (χ2n) is 8.86. The van der Waals surface area contributed by atoms with Crippen LogP contribution in [0.3, 0.4) is 0 Å². The van der Waals surface area contributed by atoms with Crippen molar-refractivity contribution in [3.63, 3.8) is 0 Å². The van der Waals surface area contributed by atoms with Gasteiger partial charge in [-0.2, -0.15) is 0 Å². The Balaban J connectivity index is 1.35. The standard InChI is InChI=1S/C26H32N2O4S2/c1-32-20-5-6-23-22(16-20)21(8-10-27-23)24(29)7-4-18-9-11-28(17-19(18)15-25(30)31)12-14-34-26-3-2-13-33-26/h2-3,5-6,8,10,13,16,18-19,24,29H,4,7,9,11-12,14-15,17H2,1H3,(H,30,31)/t18-,19+,24+/m1/s1. The number of carboxylic acid groups (broad SMARTS) is 1. The van der Waals surface area contributed by atoms with Crippen molar-refractivity contribution < 1.29 is 19.7 Å². The van der Waals surface area contributed by atoms with Crippen molar-refractivity contribution >= 4 is 40.0 Å². The van der Waals surface area contributed by atoms with E-state index in [4.69, 9.17) is 4.74 Å². The second-order valence-corrected chi connectivity index (χ2v) is 11.2. The highest BCUT2D eigenvalue weighted by molar-refractivity contribution is 8.01. The summed E-state index contributed by atoms with van der Waals surface area (Å²) in [7, 11) is 1.63. The van der Waals surface area contributed by atoms with E-state index in [2.05, 4.69) is 27.4 Å². The summed E-state index contributed by atoms with van der Waals surface area (Å²) in [5, 5.41) is 23.5. The number of carbonyl (C=O) groups is 1. The molecule has 0 amide bonds. The smallest absolute Gasteiger partial charge is 0.303 e. The third-order valence-corrected chi connectivity index (χ3v) is 8.82. The first-order valence-electron chi connectivity index (χ1n) is 11.7. The summed E-state index contributed by atoms with van der Waals surface area (Å²) >= 11 is 3.63. The van der Waals surface area contributed by atoms with Gasteiger partial charge in [0.2, 0.25) is 0 Å². The van der Waals surface area contributed by atoms with Crippen molar-refractivity contribution in [2.45, 2.75) is 36.0 Å². The third kappa shape index (κ3) is 6.50. The van der Waals surface area contributed by atoms with Crippen LogP contribution < -0.4 is 4.74 Å². The van der Waals surface area contributed by atoms with Crippen LogP contribution in [0.25, 0.3) is 10.9 Å². The molecule has 2 aromatic heterocycles. The summed E-state index contributed by atoms with van der Waals surface area (Å²) < 4.78 is 6.68. The molecular formula is C26H32N2O4S2. The van der Waals surface area contributed by atoms with Crippen LogP contribution in [0.5, 0.6) is 5.75 Å². The first-order chi connectivity index (χ1) is 16.5. The van der Waals surface area contributed by atoms with E-state index < -0.39 is 12.1 Å². The number of fused-ring (bicyclic) bond motifs is 1. The van der Waals surface area contributed by atoms with Crippen LogP contribution in [-0.2, 0) is 4.79 Å². The molecule has 1 aliphatic heterocycles. The summed E-state index contributed by atoms with van der Waals surface area (Å²) in [6, 6.07) is 11.8. The van der Waals surface area contributed by atoms with Crippen LogP contribution in [0.4, 0.5) is 0 Å². The summed E-state index contributed by atoms with van der Waals surface area (Å²) in [4.78, 5) is 18.4. The van der Waals surface area contributed by atoms with Crippen molar-refractivity contribution in [1.29, 1.82) is 0 Å². The molecule has 3 aromatic rings. The number of benzene rings is 1. The van der Waals surface area contributed by atoms with Crippen LogP contribution in [0.2, 0.25) is 0 Å². The molecule has 0 saturated carbocycles. The van der Waals surface area contributed by atoms with Crippen LogP contribution in [-0.4, -0.2) is 58.6 Å². The highest BCUT2D eigenvalue weighted by atomic mass is 32.2.